The lowest BCUT2D eigenvalue weighted by atomic mass is 9.80. The SMILES string of the molecule is CCN(CC)C(=O)NC1CC2CCCC(C1)N2C1CCCC1. The molecule has 3 rings (SSSR count). The topological polar surface area (TPSA) is 35.6 Å². The number of nitrogens with zero attached hydrogens (tertiary/aromatic N) is 2. The number of piperidine rings is 2. The molecule has 0 spiro atoms. The average Bonchev–Trinajstić information content (AvgIpc) is 3.01. The minimum Gasteiger partial charge on any atom is -0.335 e. The van der Waals surface area contributed by atoms with Crippen molar-refractivity contribution in [3.63, 3.8) is 0 Å². The first kappa shape index (κ1) is 16.1. The molecule has 4 heteroatoms. The molecular weight excluding hydrogens is 274 g/mol. The third kappa shape index (κ3) is 3.27. The Hall–Kier alpha value is -0.770. The molecule has 1 N–H and O–H groups in total. The summed E-state index contributed by atoms with van der Waals surface area (Å²) in [4.78, 5) is 17.1. The molecule has 2 aliphatic heterocycles. The Kier molecular flexibility index (Phi) is 5.27. The van der Waals surface area contributed by atoms with E-state index in [2.05, 4.69) is 24.1 Å². The molecule has 22 heavy (non-hydrogen) atoms. The van der Waals surface area contributed by atoms with Crippen molar-refractivity contribution in [1.82, 2.24) is 15.1 Å². The zero-order chi connectivity index (χ0) is 15.5. The maximum Gasteiger partial charge on any atom is 0.317 e. The van der Waals surface area contributed by atoms with Gasteiger partial charge in [0.25, 0.3) is 0 Å². The predicted octanol–water partition coefficient (Wildman–Crippen LogP) is 3.37. The Morgan fingerprint density at radius 2 is 1.50 bits per heavy atom. The van der Waals surface area contributed by atoms with Crippen LogP contribution in [0.25, 0.3) is 0 Å². The second kappa shape index (κ2) is 7.20. The highest BCUT2D eigenvalue weighted by Gasteiger charge is 2.42. The fraction of sp³-hybridized carbons (Fsp3) is 0.944. The molecule has 126 valence electrons. The van der Waals surface area contributed by atoms with E-state index in [1.165, 1.54) is 57.8 Å². The van der Waals surface area contributed by atoms with Crippen molar-refractivity contribution < 1.29 is 4.79 Å². The monoisotopic (exact) mass is 307 g/mol. The van der Waals surface area contributed by atoms with E-state index >= 15 is 0 Å². The Labute approximate surface area is 135 Å². The summed E-state index contributed by atoms with van der Waals surface area (Å²) in [6, 6.07) is 2.81. The molecule has 2 unspecified atom stereocenters. The van der Waals surface area contributed by atoms with Gasteiger partial charge in [-0.2, -0.15) is 0 Å². The van der Waals surface area contributed by atoms with Gasteiger partial charge < -0.3 is 10.2 Å². The molecule has 3 fully saturated rings. The summed E-state index contributed by atoms with van der Waals surface area (Å²) in [7, 11) is 0. The van der Waals surface area contributed by atoms with Crippen LogP contribution in [0.1, 0.15) is 71.6 Å². The lowest BCUT2D eigenvalue weighted by Gasteiger charge is -2.52. The molecule has 2 amide bonds. The summed E-state index contributed by atoms with van der Waals surface area (Å²) in [6.45, 7) is 5.72. The van der Waals surface area contributed by atoms with Crippen LogP contribution in [0, 0.1) is 0 Å². The molecule has 1 saturated carbocycles. The van der Waals surface area contributed by atoms with Gasteiger partial charge in [-0.25, -0.2) is 4.79 Å². The van der Waals surface area contributed by atoms with Crippen molar-refractivity contribution in [3.8, 4) is 0 Å². The Bertz CT molecular complexity index is 363. The standard InChI is InChI=1S/C18H33N3O/c1-3-20(4-2)18(22)19-14-12-16-10-7-11-17(13-14)21(16)15-8-5-6-9-15/h14-17H,3-13H2,1-2H3,(H,19,22). The second-order valence-electron chi connectivity index (χ2n) is 7.41. The zero-order valence-corrected chi connectivity index (χ0v) is 14.4. The summed E-state index contributed by atoms with van der Waals surface area (Å²) >= 11 is 0. The molecule has 0 aromatic heterocycles. The van der Waals surface area contributed by atoms with E-state index in [1.54, 1.807) is 0 Å². The third-order valence-corrected chi connectivity index (χ3v) is 6.16. The largest absolute Gasteiger partial charge is 0.335 e. The molecule has 2 saturated heterocycles. The average molecular weight is 307 g/mol. The number of fused-ring (bicyclic) bond motifs is 2. The second-order valence-corrected chi connectivity index (χ2v) is 7.41. The highest BCUT2D eigenvalue weighted by Crippen LogP contribution is 2.39. The van der Waals surface area contributed by atoms with Crippen molar-refractivity contribution in [3.05, 3.63) is 0 Å². The first-order valence-electron chi connectivity index (χ1n) is 9.55. The number of hydrogen-bond acceptors (Lipinski definition) is 2. The van der Waals surface area contributed by atoms with E-state index < -0.39 is 0 Å². The van der Waals surface area contributed by atoms with Crippen LogP contribution in [-0.4, -0.2) is 53.1 Å². The summed E-state index contributed by atoms with van der Waals surface area (Å²) in [5, 5.41) is 3.32. The number of carbonyl (C=O) groups excluding carboxylic acids is 1. The number of amides is 2. The molecule has 2 atom stereocenters. The molecule has 0 radical (unpaired) electrons. The molecule has 4 nitrogen and oxygen atoms in total. The highest BCUT2D eigenvalue weighted by atomic mass is 16.2. The van der Waals surface area contributed by atoms with Crippen LogP contribution >= 0.6 is 0 Å². The van der Waals surface area contributed by atoms with E-state index in [0.717, 1.165) is 31.2 Å². The smallest absolute Gasteiger partial charge is 0.317 e. The minimum absolute atomic E-state index is 0.141. The predicted molar refractivity (Wildman–Crippen MR) is 90.0 cm³/mol. The van der Waals surface area contributed by atoms with Gasteiger partial charge in [0.2, 0.25) is 0 Å². The minimum atomic E-state index is 0.141. The lowest BCUT2D eigenvalue weighted by molar-refractivity contribution is -0.00763. The number of urea groups is 1. The van der Waals surface area contributed by atoms with Gasteiger partial charge in [-0.15, -0.1) is 0 Å². The van der Waals surface area contributed by atoms with Gasteiger partial charge in [-0.3, -0.25) is 4.90 Å². The Balaban J connectivity index is 1.60. The highest BCUT2D eigenvalue weighted by molar-refractivity contribution is 5.74. The van der Waals surface area contributed by atoms with Crippen LogP contribution in [0.5, 0.6) is 0 Å². The first-order chi connectivity index (χ1) is 10.7. The van der Waals surface area contributed by atoms with Crippen LogP contribution in [0.15, 0.2) is 0 Å². The summed E-state index contributed by atoms with van der Waals surface area (Å²) < 4.78 is 0. The molecule has 0 aromatic rings. The Morgan fingerprint density at radius 3 is 2.05 bits per heavy atom. The number of hydrogen-bond donors (Lipinski definition) is 1. The number of nitrogens with one attached hydrogen (secondary N) is 1. The van der Waals surface area contributed by atoms with Crippen molar-refractivity contribution in [2.45, 2.75) is 95.8 Å². The molecule has 0 aromatic carbocycles. The third-order valence-electron chi connectivity index (χ3n) is 6.16. The molecule has 2 heterocycles. The summed E-state index contributed by atoms with van der Waals surface area (Å²) in [6.07, 6.45) is 12.0. The van der Waals surface area contributed by atoms with Gasteiger partial charge in [-0.1, -0.05) is 19.3 Å². The quantitative estimate of drug-likeness (QED) is 0.864. The maximum atomic E-state index is 12.3. The van der Waals surface area contributed by atoms with Gasteiger partial charge in [0.15, 0.2) is 0 Å². The van der Waals surface area contributed by atoms with Gasteiger partial charge in [0.1, 0.15) is 0 Å². The summed E-state index contributed by atoms with van der Waals surface area (Å²) in [5.41, 5.74) is 0. The van der Waals surface area contributed by atoms with Crippen molar-refractivity contribution >= 4 is 6.03 Å². The van der Waals surface area contributed by atoms with Crippen molar-refractivity contribution in [2.24, 2.45) is 0 Å². The zero-order valence-electron chi connectivity index (χ0n) is 14.4. The van der Waals surface area contributed by atoms with Gasteiger partial charge in [-0.05, 0) is 52.4 Å². The van der Waals surface area contributed by atoms with E-state index in [4.69, 9.17) is 0 Å². The van der Waals surface area contributed by atoms with Crippen molar-refractivity contribution in [2.75, 3.05) is 13.1 Å². The van der Waals surface area contributed by atoms with Crippen LogP contribution in [0.2, 0.25) is 0 Å². The molecular formula is C18H33N3O. The van der Waals surface area contributed by atoms with Crippen molar-refractivity contribution in [1.29, 1.82) is 0 Å². The lowest BCUT2D eigenvalue weighted by Crippen LogP contribution is -2.60. The fourth-order valence-corrected chi connectivity index (χ4v) is 5.11. The number of carbonyl (C=O) groups is 1. The van der Waals surface area contributed by atoms with Gasteiger partial charge >= 0.3 is 6.03 Å². The van der Waals surface area contributed by atoms with E-state index in [-0.39, 0.29) is 6.03 Å². The molecule has 1 aliphatic carbocycles. The van der Waals surface area contributed by atoms with Crippen LogP contribution in [-0.2, 0) is 0 Å². The van der Waals surface area contributed by atoms with Crippen LogP contribution < -0.4 is 5.32 Å². The van der Waals surface area contributed by atoms with Gasteiger partial charge in [0, 0.05) is 37.3 Å². The maximum absolute atomic E-state index is 12.3. The normalized spacial score (nSPS) is 32.9. The van der Waals surface area contributed by atoms with E-state index in [1.807, 2.05) is 4.90 Å². The first-order valence-corrected chi connectivity index (χ1v) is 9.55. The summed E-state index contributed by atoms with van der Waals surface area (Å²) in [5.74, 6) is 0. The van der Waals surface area contributed by atoms with E-state index in [0.29, 0.717) is 6.04 Å². The van der Waals surface area contributed by atoms with Crippen LogP contribution in [0.4, 0.5) is 4.79 Å². The Morgan fingerprint density at radius 1 is 0.955 bits per heavy atom. The molecule has 2 bridgehead atoms. The van der Waals surface area contributed by atoms with Gasteiger partial charge in [0.05, 0.1) is 0 Å². The number of rotatable bonds is 4. The molecule has 3 aliphatic rings. The fourth-order valence-electron chi connectivity index (χ4n) is 5.11. The van der Waals surface area contributed by atoms with Crippen LogP contribution in [0.3, 0.4) is 0 Å². The van der Waals surface area contributed by atoms with E-state index in [9.17, 15) is 4.79 Å².